The first-order valence-corrected chi connectivity index (χ1v) is 10.1. The lowest BCUT2D eigenvalue weighted by molar-refractivity contribution is -0.127. The van der Waals surface area contributed by atoms with Crippen molar-refractivity contribution < 1.29 is 9.90 Å². The highest BCUT2D eigenvalue weighted by Gasteiger charge is 2.56. The van der Waals surface area contributed by atoms with Gasteiger partial charge in [-0.1, -0.05) is 0 Å². The van der Waals surface area contributed by atoms with Crippen LogP contribution < -0.4 is 5.32 Å². The van der Waals surface area contributed by atoms with E-state index < -0.39 is 5.60 Å². The summed E-state index contributed by atoms with van der Waals surface area (Å²) in [6, 6.07) is 6.23. The molecular weight excluding hydrogens is 338 g/mol. The minimum Gasteiger partial charge on any atom is -0.390 e. The van der Waals surface area contributed by atoms with E-state index in [-0.39, 0.29) is 11.9 Å². The average Bonchev–Trinajstić information content (AvgIpc) is 3.38. The maximum Gasteiger partial charge on any atom is 0.253 e. The maximum absolute atomic E-state index is 12.6. The fourth-order valence-corrected chi connectivity index (χ4v) is 4.93. The molecule has 2 heterocycles. The summed E-state index contributed by atoms with van der Waals surface area (Å²) in [7, 11) is 0. The summed E-state index contributed by atoms with van der Waals surface area (Å²) in [5.74, 6) is 0.952. The minimum atomic E-state index is -0.580. The molecule has 5 nitrogen and oxygen atoms in total. The summed E-state index contributed by atoms with van der Waals surface area (Å²) in [4.78, 5) is 21.7. The number of pyridine rings is 2. The van der Waals surface area contributed by atoms with Crippen LogP contribution in [0, 0.1) is 11.3 Å². The van der Waals surface area contributed by atoms with E-state index in [0.29, 0.717) is 22.8 Å². The molecule has 0 unspecified atom stereocenters. The number of aliphatic hydroxyl groups is 1. The summed E-state index contributed by atoms with van der Waals surface area (Å²) in [6.07, 6.45) is 8.29. The second kappa shape index (κ2) is 5.74. The molecule has 0 aromatic carbocycles. The standard InChI is InChI=1S/C22H27N3O2/c1-21(2,27)16-8-22(9-16)10-17(11-22)24-20(26)15-7-14-5-6-18(13-3-4-13)25-19(14)23-12-15/h5-7,12-13,16-17,27H,3-4,8-11H2,1-2H3,(H,24,26). The third-order valence-electron chi connectivity index (χ3n) is 6.87. The molecule has 27 heavy (non-hydrogen) atoms. The molecule has 0 atom stereocenters. The van der Waals surface area contributed by atoms with Crippen LogP contribution >= 0.6 is 0 Å². The molecule has 5 rings (SSSR count). The third kappa shape index (κ3) is 3.12. The van der Waals surface area contributed by atoms with Gasteiger partial charge in [-0.2, -0.15) is 0 Å². The molecule has 0 aliphatic heterocycles. The Morgan fingerprint density at radius 1 is 1.22 bits per heavy atom. The first-order valence-electron chi connectivity index (χ1n) is 10.1. The predicted octanol–water partition coefficient (Wildman–Crippen LogP) is 3.57. The Bertz CT molecular complexity index is 899. The summed E-state index contributed by atoms with van der Waals surface area (Å²) < 4.78 is 0. The van der Waals surface area contributed by atoms with Crippen LogP contribution in [-0.2, 0) is 0 Å². The van der Waals surface area contributed by atoms with Gasteiger partial charge in [0.25, 0.3) is 5.91 Å². The number of rotatable bonds is 4. The zero-order chi connectivity index (χ0) is 18.8. The molecule has 0 bridgehead atoms. The lowest BCUT2D eigenvalue weighted by Gasteiger charge is -2.60. The number of aromatic nitrogens is 2. The van der Waals surface area contributed by atoms with Gasteiger partial charge in [0.15, 0.2) is 5.65 Å². The Kier molecular flexibility index (Phi) is 3.64. The van der Waals surface area contributed by atoms with Gasteiger partial charge in [-0.05, 0) is 81.9 Å². The number of amides is 1. The SMILES string of the molecule is CC(C)(O)C1CC2(CC(NC(=O)c3cnc4nc(C5CC5)ccc4c3)C2)C1. The van der Waals surface area contributed by atoms with E-state index in [4.69, 9.17) is 0 Å². The van der Waals surface area contributed by atoms with Crippen LogP contribution in [0.5, 0.6) is 0 Å². The zero-order valence-corrected chi connectivity index (χ0v) is 16.0. The van der Waals surface area contributed by atoms with Crippen LogP contribution in [0.2, 0.25) is 0 Å². The van der Waals surface area contributed by atoms with Crippen LogP contribution in [0.4, 0.5) is 0 Å². The summed E-state index contributed by atoms with van der Waals surface area (Å²) in [6.45, 7) is 3.80. The molecule has 142 valence electrons. The Balaban J connectivity index is 1.20. The van der Waals surface area contributed by atoms with Crippen LogP contribution in [0.3, 0.4) is 0 Å². The van der Waals surface area contributed by atoms with Crippen molar-refractivity contribution in [1.29, 1.82) is 0 Å². The van der Waals surface area contributed by atoms with Crippen molar-refractivity contribution in [3.63, 3.8) is 0 Å². The molecule has 2 N–H and O–H groups in total. The van der Waals surface area contributed by atoms with Crippen LogP contribution in [0.1, 0.15) is 74.3 Å². The van der Waals surface area contributed by atoms with Crippen LogP contribution in [0.25, 0.3) is 11.0 Å². The molecule has 0 saturated heterocycles. The van der Waals surface area contributed by atoms with Crippen molar-refractivity contribution in [2.24, 2.45) is 11.3 Å². The Morgan fingerprint density at radius 3 is 2.63 bits per heavy atom. The molecule has 3 aliphatic rings. The van der Waals surface area contributed by atoms with Crippen LogP contribution in [-0.4, -0.2) is 32.6 Å². The Hall–Kier alpha value is -2.01. The normalized spacial score (nSPS) is 30.0. The Morgan fingerprint density at radius 2 is 1.96 bits per heavy atom. The molecule has 2 aromatic heterocycles. The molecular formula is C22H27N3O2. The third-order valence-corrected chi connectivity index (χ3v) is 6.87. The van der Waals surface area contributed by atoms with Crippen molar-refractivity contribution in [3.8, 4) is 0 Å². The molecule has 3 aliphatic carbocycles. The molecule has 1 spiro atoms. The van der Waals surface area contributed by atoms with Gasteiger partial charge in [-0.3, -0.25) is 4.79 Å². The number of nitrogens with zero attached hydrogens (tertiary/aromatic N) is 2. The van der Waals surface area contributed by atoms with E-state index in [9.17, 15) is 9.90 Å². The van der Waals surface area contributed by atoms with E-state index in [1.54, 1.807) is 6.20 Å². The number of hydrogen-bond donors (Lipinski definition) is 2. The van der Waals surface area contributed by atoms with Gasteiger partial charge in [0.2, 0.25) is 0 Å². The van der Waals surface area contributed by atoms with E-state index in [1.807, 2.05) is 26.0 Å². The van der Waals surface area contributed by atoms with E-state index >= 15 is 0 Å². The molecule has 1 amide bonds. The van der Waals surface area contributed by atoms with Crippen molar-refractivity contribution in [2.75, 3.05) is 0 Å². The zero-order valence-electron chi connectivity index (χ0n) is 16.0. The first-order chi connectivity index (χ1) is 12.8. The van der Waals surface area contributed by atoms with Gasteiger partial charge in [0.05, 0.1) is 11.2 Å². The lowest BCUT2D eigenvalue weighted by atomic mass is 9.47. The van der Waals surface area contributed by atoms with Gasteiger partial charge in [0, 0.05) is 29.2 Å². The molecule has 0 radical (unpaired) electrons. The second-order valence-corrected chi connectivity index (χ2v) is 9.62. The van der Waals surface area contributed by atoms with Gasteiger partial charge in [0.1, 0.15) is 0 Å². The van der Waals surface area contributed by atoms with Crippen LogP contribution in [0.15, 0.2) is 24.4 Å². The minimum absolute atomic E-state index is 0.0473. The first kappa shape index (κ1) is 17.1. The molecule has 3 saturated carbocycles. The number of nitrogens with one attached hydrogen (secondary N) is 1. The molecule has 5 heteroatoms. The quantitative estimate of drug-likeness (QED) is 0.869. The topological polar surface area (TPSA) is 75.1 Å². The Labute approximate surface area is 159 Å². The molecule has 3 fully saturated rings. The highest BCUT2D eigenvalue weighted by Crippen LogP contribution is 2.61. The van der Waals surface area contributed by atoms with Gasteiger partial charge >= 0.3 is 0 Å². The largest absolute Gasteiger partial charge is 0.390 e. The highest BCUT2D eigenvalue weighted by atomic mass is 16.3. The summed E-state index contributed by atoms with van der Waals surface area (Å²) >= 11 is 0. The maximum atomic E-state index is 12.6. The number of carbonyl (C=O) groups excluding carboxylic acids is 1. The van der Waals surface area contributed by atoms with Crippen molar-refractivity contribution in [3.05, 3.63) is 35.7 Å². The fourth-order valence-electron chi connectivity index (χ4n) is 4.93. The predicted molar refractivity (Wildman–Crippen MR) is 103 cm³/mol. The van der Waals surface area contributed by atoms with E-state index in [1.165, 1.54) is 12.8 Å². The average molecular weight is 365 g/mol. The van der Waals surface area contributed by atoms with Crippen molar-refractivity contribution >= 4 is 16.9 Å². The second-order valence-electron chi connectivity index (χ2n) is 9.62. The number of fused-ring (bicyclic) bond motifs is 1. The number of carbonyl (C=O) groups is 1. The highest BCUT2D eigenvalue weighted by molar-refractivity contribution is 5.97. The van der Waals surface area contributed by atoms with Gasteiger partial charge in [-0.15, -0.1) is 0 Å². The van der Waals surface area contributed by atoms with Gasteiger partial charge < -0.3 is 10.4 Å². The van der Waals surface area contributed by atoms with Crippen molar-refractivity contribution in [1.82, 2.24) is 15.3 Å². The summed E-state index contributed by atoms with van der Waals surface area (Å²) in [5, 5.41) is 14.2. The monoisotopic (exact) mass is 365 g/mol. The van der Waals surface area contributed by atoms with E-state index in [2.05, 4.69) is 21.4 Å². The molecule has 2 aromatic rings. The summed E-state index contributed by atoms with van der Waals surface area (Å²) in [5.41, 5.74) is 2.23. The smallest absolute Gasteiger partial charge is 0.253 e. The van der Waals surface area contributed by atoms with E-state index in [0.717, 1.165) is 42.4 Å². The van der Waals surface area contributed by atoms with Crippen molar-refractivity contribution in [2.45, 2.75) is 69.9 Å². The fraction of sp³-hybridized carbons (Fsp3) is 0.591. The van der Waals surface area contributed by atoms with Gasteiger partial charge in [-0.25, -0.2) is 9.97 Å². The lowest BCUT2D eigenvalue weighted by Crippen LogP contribution is -2.59. The number of hydrogen-bond acceptors (Lipinski definition) is 4.